The molecule has 1 heterocycles. The standard InChI is InChI=1S/C4H8N4/c5-4-7-2-1-3-8(4)6/h1-2H,3,6H2,(H2,5,7). The van der Waals surface area contributed by atoms with Crippen molar-refractivity contribution in [2.24, 2.45) is 16.6 Å². The molecule has 0 aromatic rings. The van der Waals surface area contributed by atoms with Crippen LogP contribution in [0.2, 0.25) is 0 Å². The lowest BCUT2D eigenvalue weighted by molar-refractivity contribution is 0.477. The van der Waals surface area contributed by atoms with Crippen LogP contribution in [0.1, 0.15) is 0 Å². The van der Waals surface area contributed by atoms with Gasteiger partial charge in [-0.1, -0.05) is 0 Å². The Morgan fingerprint density at radius 1 is 1.75 bits per heavy atom. The lowest BCUT2D eigenvalue weighted by Gasteiger charge is -2.16. The van der Waals surface area contributed by atoms with Crippen LogP contribution >= 0.6 is 0 Å². The molecule has 0 amide bonds. The van der Waals surface area contributed by atoms with E-state index in [1.807, 2.05) is 6.08 Å². The molecule has 1 rings (SSSR count). The topological polar surface area (TPSA) is 67.6 Å². The van der Waals surface area contributed by atoms with Crippen molar-refractivity contribution in [2.75, 3.05) is 6.54 Å². The summed E-state index contributed by atoms with van der Waals surface area (Å²) in [6.45, 7) is 0.648. The molecule has 44 valence electrons. The van der Waals surface area contributed by atoms with E-state index in [0.717, 1.165) is 0 Å². The Morgan fingerprint density at radius 3 is 2.88 bits per heavy atom. The van der Waals surface area contributed by atoms with Gasteiger partial charge in [0.25, 0.3) is 0 Å². The first-order valence-corrected chi connectivity index (χ1v) is 2.31. The van der Waals surface area contributed by atoms with Crippen molar-refractivity contribution in [2.45, 2.75) is 0 Å². The Labute approximate surface area is 47.4 Å². The Hall–Kier alpha value is -1.03. The van der Waals surface area contributed by atoms with Crippen LogP contribution < -0.4 is 11.6 Å². The normalized spacial score (nSPS) is 18.6. The average molecular weight is 112 g/mol. The molecule has 0 aromatic carbocycles. The molecule has 8 heavy (non-hydrogen) atoms. The molecule has 0 bridgehead atoms. The van der Waals surface area contributed by atoms with Crippen LogP contribution in [0.5, 0.6) is 0 Å². The minimum Gasteiger partial charge on any atom is -0.368 e. The fourth-order valence-corrected chi connectivity index (χ4v) is 0.457. The van der Waals surface area contributed by atoms with Crippen LogP contribution in [0.3, 0.4) is 0 Å². The molecular formula is C4H8N4. The molecule has 0 spiro atoms. The van der Waals surface area contributed by atoms with Crippen molar-refractivity contribution in [3.8, 4) is 0 Å². The molecule has 0 saturated carbocycles. The molecular weight excluding hydrogens is 104 g/mol. The predicted molar refractivity (Wildman–Crippen MR) is 31.7 cm³/mol. The summed E-state index contributed by atoms with van der Waals surface area (Å²) in [5, 5.41) is 1.38. The second kappa shape index (κ2) is 1.83. The summed E-state index contributed by atoms with van der Waals surface area (Å²) < 4.78 is 0. The largest absolute Gasteiger partial charge is 0.368 e. The van der Waals surface area contributed by atoms with Crippen molar-refractivity contribution in [3.05, 3.63) is 12.3 Å². The molecule has 0 aliphatic carbocycles. The third-order valence-electron chi connectivity index (χ3n) is 0.909. The first kappa shape index (κ1) is 5.11. The highest BCUT2D eigenvalue weighted by Crippen LogP contribution is 1.88. The monoisotopic (exact) mass is 112 g/mol. The lowest BCUT2D eigenvalue weighted by Crippen LogP contribution is -2.43. The zero-order valence-electron chi connectivity index (χ0n) is 4.41. The molecule has 4 N–H and O–H groups in total. The van der Waals surface area contributed by atoms with Crippen molar-refractivity contribution in [1.82, 2.24) is 5.01 Å². The molecule has 0 unspecified atom stereocenters. The van der Waals surface area contributed by atoms with Crippen molar-refractivity contribution < 1.29 is 0 Å². The first-order chi connectivity index (χ1) is 3.80. The number of guanidine groups is 1. The fourth-order valence-electron chi connectivity index (χ4n) is 0.457. The summed E-state index contributed by atoms with van der Waals surface area (Å²) >= 11 is 0. The number of nitrogens with zero attached hydrogens (tertiary/aromatic N) is 2. The van der Waals surface area contributed by atoms with Gasteiger partial charge < -0.3 is 5.73 Å². The molecule has 0 radical (unpaired) electrons. The number of aliphatic imine (C=N–C) groups is 1. The molecule has 0 atom stereocenters. The average Bonchev–Trinajstić information content (AvgIpc) is 1.77. The maximum atomic E-state index is 5.30. The third kappa shape index (κ3) is 0.788. The van der Waals surface area contributed by atoms with Crippen molar-refractivity contribution in [1.29, 1.82) is 0 Å². The number of rotatable bonds is 0. The van der Waals surface area contributed by atoms with E-state index in [-0.39, 0.29) is 0 Å². The molecule has 4 heteroatoms. The second-order valence-corrected chi connectivity index (χ2v) is 1.52. The van der Waals surface area contributed by atoms with Gasteiger partial charge in [-0.15, -0.1) is 0 Å². The van der Waals surface area contributed by atoms with Gasteiger partial charge in [0.15, 0.2) is 0 Å². The smallest absolute Gasteiger partial charge is 0.210 e. The van der Waals surface area contributed by atoms with Gasteiger partial charge in [-0.05, 0) is 6.08 Å². The van der Waals surface area contributed by atoms with Gasteiger partial charge in [0.05, 0.1) is 6.54 Å². The summed E-state index contributed by atoms with van der Waals surface area (Å²) in [5.41, 5.74) is 5.28. The van der Waals surface area contributed by atoms with Crippen LogP contribution in [-0.4, -0.2) is 17.5 Å². The molecule has 0 saturated heterocycles. The zero-order valence-corrected chi connectivity index (χ0v) is 4.41. The van der Waals surface area contributed by atoms with E-state index in [9.17, 15) is 0 Å². The summed E-state index contributed by atoms with van der Waals surface area (Å²) in [6.07, 6.45) is 3.47. The maximum Gasteiger partial charge on any atom is 0.210 e. The maximum absolute atomic E-state index is 5.30. The molecule has 1 aliphatic rings. The number of nitrogens with two attached hydrogens (primary N) is 2. The van der Waals surface area contributed by atoms with Crippen molar-refractivity contribution in [3.63, 3.8) is 0 Å². The highest BCUT2D eigenvalue weighted by atomic mass is 15.5. The van der Waals surface area contributed by atoms with Gasteiger partial charge in [0.2, 0.25) is 5.96 Å². The second-order valence-electron chi connectivity index (χ2n) is 1.52. The summed E-state index contributed by atoms with van der Waals surface area (Å²) in [6, 6.07) is 0. The minimum absolute atomic E-state index is 0.368. The number of hydrogen-bond donors (Lipinski definition) is 2. The summed E-state index contributed by atoms with van der Waals surface area (Å²) in [7, 11) is 0. The quantitative estimate of drug-likeness (QED) is 0.395. The Balaban J connectivity index is 2.66. The Morgan fingerprint density at radius 2 is 2.50 bits per heavy atom. The predicted octanol–water partition coefficient (Wildman–Crippen LogP) is -0.996. The Kier molecular flexibility index (Phi) is 1.17. The fraction of sp³-hybridized carbons (Fsp3) is 0.250. The molecule has 4 nitrogen and oxygen atoms in total. The third-order valence-corrected chi connectivity index (χ3v) is 0.909. The van der Waals surface area contributed by atoms with Crippen LogP contribution in [-0.2, 0) is 0 Å². The van der Waals surface area contributed by atoms with Gasteiger partial charge in [0, 0.05) is 6.20 Å². The number of hydrazine groups is 1. The Bertz CT molecular complexity index is 137. The first-order valence-electron chi connectivity index (χ1n) is 2.31. The molecule has 1 aliphatic heterocycles. The van der Waals surface area contributed by atoms with E-state index in [4.69, 9.17) is 11.6 Å². The van der Waals surface area contributed by atoms with Crippen LogP contribution in [0.15, 0.2) is 17.3 Å². The molecule has 0 fully saturated rings. The van der Waals surface area contributed by atoms with E-state index in [2.05, 4.69) is 4.99 Å². The van der Waals surface area contributed by atoms with E-state index in [1.54, 1.807) is 6.20 Å². The summed E-state index contributed by atoms with van der Waals surface area (Å²) in [5.74, 6) is 5.67. The highest BCUT2D eigenvalue weighted by Gasteiger charge is 2.00. The van der Waals surface area contributed by atoms with E-state index >= 15 is 0 Å². The van der Waals surface area contributed by atoms with Gasteiger partial charge in [0.1, 0.15) is 0 Å². The lowest BCUT2D eigenvalue weighted by atomic mass is 10.5. The van der Waals surface area contributed by atoms with Crippen LogP contribution in [0.4, 0.5) is 0 Å². The van der Waals surface area contributed by atoms with Crippen molar-refractivity contribution >= 4 is 5.96 Å². The SMILES string of the molecule is NC1=NC=CCN1N. The van der Waals surface area contributed by atoms with Crippen LogP contribution in [0, 0.1) is 0 Å². The summed E-state index contributed by atoms with van der Waals surface area (Å²) in [4.78, 5) is 3.73. The van der Waals surface area contributed by atoms with E-state index < -0.39 is 0 Å². The van der Waals surface area contributed by atoms with Crippen LogP contribution in [0.25, 0.3) is 0 Å². The number of hydrogen-bond acceptors (Lipinski definition) is 4. The van der Waals surface area contributed by atoms with Gasteiger partial charge in [-0.2, -0.15) is 0 Å². The zero-order chi connectivity index (χ0) is 5.98. The van der Waals surface area contributed by atoms with E-state index in [1.165, 1.54) is 5.01 Å². The van der Waals surface area contributed by atoms with Gasteiger partial charge in [-0.25, -0.2) is 10.8 Å². The molecule has 0 aromatic heterocycles. The highest BCUT2D eigenvalue weighted by molar-refractivity contribution is 5.78. The minimum atomic E-state index is 0.368. The van der Waals surface area contributed by atoms with Gasteiger partial charge >= 0.3 is 0 Å². The van der Waals surface area contributed by atoms with E-state index in [0.29, 0.717) is 12.5 Å². The van der Waals surface area contributed by atoms with Gasteiger partial charge in [-0.3, -0.25) is 5.01 Å².